The smallest absolute Gasteiger partial charge is 0.142 e. The van der Waals surface area contributed by atoms with Gasteiger partial charge in [0.05, 0.1) is 0 Å². The van der Waals surface area contributed by atoms with Gasteiger partial charge in [-0.2, -0.15) is 0 Å². The molecule has 0 aromatic heterocycles. The Morgan fingerprint density at radius 1 is 1.44 bits per heavy atom. The third-order valence-corrected chi connectivity index (χ3v) is 1.80. The maximum Gasteiger partial charge on any atom is 0.142 e. The van der Waals surface area contributed by atoms with E-state index in [0.717, 1.165) is 18.2 Å². The molecule has 0 saturated heterocycles. The van der Waals surface area contributed by atoms with Crippen LogP contribution in [0.2, 0.25) is 0 Å². The van der Waals surface area contributed by atoms with E-state index in [-0.39, 0.29) is 18.0 Å². The number of benzene rings is 1. The van der Waals surface area contributed by atoms with Gasteiger partial charge in [-0.15, -0.1) is 0 Å². The zero-order valence-electron chi connectivity index (χ0n) is 8.65. The summed E-state index contributed by atoms with van der Waals surface area (Å²) in [6.45, 7) is 1.64. The minimum Gasteiger partial charge on any atom is -0.490 e. The lowest BCUT2D eigenvalue weighted by atomic mass is 10.2. The van der Waals surface area contributed by atoms with Gasteiger partial charge in [0.2, 0.25) is 0 Å². The van der Waals surface area contributed by atoms with E-state index in [2.05, 4.69) is 5.16 Å². The van der Waals surface area contributed by atoms with Crippen LogP contribution in [0.1, 0.15) is 13.3 Å². The van der Waals surface area contributed by atoms with Crippen LogP contribution in [0.3, 0.4) is 0 Å². The van der Waals surface area contributed by atoms with Crippen molar-refractivity contribution in [3.63, 3.8) is 0 Å². The fourth-order valence-corrected chi connectivity index (χ4v) is 1.21. The highest BCUT2D eigenvalue weighted by atomic mass is 19.1. The zero-order chi connectivity index (χ0) is 12.1. The standard InChI is InChI=1S/C10H12F2N2O2/c1-6(2-10(13)14-15)16-9-4-7(11)3-8(12)5-9/h3-6,15H,2H2,1H3,(H2,13,14). The van der Waals surface area contributed by atoms with Crippen molar-refractivity contribution >= 4 is 5.84 Å². The quantitative estimate of drug-likeness (QED) is 0.359. The highest BCUT2D eigenvalue weighted by molar-refractivity contribution is 5.80. The summed E-state index contributed by atoms with van der Waals surface area (Å²) in [4.78, 5) is 0. The predicted octanol–water partition coefficient (Wildman–Crippen LogP) is 1.87. The van der Waals surface area contributed by atoms with Crippen LogP contribution >= 0.6 is 0 Å². The molecule has 6 heteroatoms. The average molecular weight is 230 g/mol. The van der Waals surface area contributed by atoms with Gasteiger partial charge in [0.15, 0.2) is 0 Å². The first-order valence-electron chi connectivity index (χ1n) is 4.60. The van der Waals surface area contributed by atoms with Crippen molar-refractivity contribution < 1.29 is 18.7 Å². The Bertz CT molecular complexity index is 376. The fraction of sp³-hybridized carbons (Fsp3) is 0.300. The molecule has 88 valence electrons. The number of amidine groups is 1. The van der Waals surface area contributed by atoms with E-state index < -0.39 is 17.7 Å². The van der Waals surface area contributed by atoms with Gasteiger partial charge < -0.3 is 15.7 Å². The SMILES string of the molecule is CC(CC(N)=NO)Oc1cc(F)cc(F)c1. The fourth-order valence-electron chi connectivity index (χ4n) is 1.21. The highest BCUT2D eigenvalue weighted by Gasteiger charge is 2.08. The molecule has 0 aliphatic carbocycles. The van der Waals surface area contributed by atoms with Crippen LogP contribution in [0.5, 0.6) is 5.75 Å². The Balaban J connectivity index is 2.65. The number of oxime groups is 1. The summed E-state index contributed by atoms with van der Waals surface area (Å²) in [6, 6.07) is 2.87. The molecule has 1 aromatic rings. The molecule has 0 aliphatic rings. The molecule has 1 aromatic carbocycles. The minimum absolute atomic E-state index is 0.00984. The number of nitrogens with zero attached hydrogens (tertiary/aromatic N) is 1. The lowest BCUT2D eigenvalue weighted by Crippen LogP contribution is -2.22. The number of hydrogen-bond donors (Lipinski definition) is 2. The summed E-state index contributed by atoms with van der Waals surface area (Å²) >= 11 is 0. The van der Waals surface area contributed by atoms with E-state index in [9.17, 15) is 8.78 Å². The molecule has 0 saturated carbocycles. The van der Waals surface area contributed by atoms with E-state index >= 15 is 0 Å². The molecule has 16 heavy (non-hydrogen) atoms. The normalized spacial score (nSPS) is 13.6. The molecule has 1 atom stereocenters. The van der Waals surface area contributed by atoms with E-state index in [1.54, 1.807) is 6.92 Å². The van der Waals surface area contributed by atoms with Crippen LogP contribution in [0.25, 0.3) is 0 Å². The van der Waals surface area contributed by atoms with Gasteiger partial charge in [-0.3, -0.25) is 0 Å². The molecule has 0 spiro atoms. The van der Waals surface area contributed by atoms with E-state index in [0.29, 0.717) is 0 Å². The number of halogens is 2. The first kappa shape index (κ1) is 12.2. The largest absolute Gasteiger partial charge is 0.490 e. The Morgan fingerprint density at radius 3 is 2.50 bits per heavy atom. The Labute approximate surface area is 91.3 Å². The number of ether oxygens (including phenoxy) is 1. The van der Waals surface area contributed by atoms with Gasteiger partial charge >= 0.3 is 0 Å². The first-order valence-corrected chi connectivity index (χ1v) is 4.60. The van der Waals surface area contributed by atoms with Crippen LogP contribution in [0.4, 0.5) is 8.78 Å². The van der Waals surface area contributed by atoms with Crippen LogP contribution < -0.4 is 10.5 Å². The summed E-state index contributed by atoms with van der Waals surface area (Å²) in [5.74, 6) is -1.38. The monoisotopic (exact) mass is 230 g/mol. The van der Waals surface area contributed by atoms with E-state index in [4.69, 9.17) is 15.7 Å². The lowest BCUT2D eigenvalue weighted by Gasteiger charge is -2.13. The predicted molar refractivity (Wildman–Crippen MR) is 54.5 cm³/mol. The minimum atomic E-state index is -0.717. The van der Waals surface area contributed by atoms with Gasteiger partial charge in [0.1, 0.15) is 29.3 Å². The lowest BCUT2D eigenvalue weighted by molar-refractivity contribution is 0.224. The molecule has 0 aliphatic heterocycles. The number of rotatable bonds is 4. The third-order valence-electron chi connectivity index (χ3n) is 1.80. The molecule has 3 N–H and O–H groups in total. The van der Waals surface area contributed by atoms with Gasteiger partial charge in [0.25, 0.3) is 0 Å². The second kappa shape index (κ2) is 5.29. The van der Waals surface area contributed by atoms with Gasteiger partial charge in [-0.05, 0) is 6.92 Å². The average Bonchev–Trinajstić information content (AvgIpc) is 2.15. The van der Waals surface area contributed by atoms with Crippen LogP contribution in [0, 0.1) is 11.6 Å². The van der Waals surface area contributed by atoms with E-state index in [1.807, 2.05) is 0 Å². The summed E-state index contributed by atoms with van der Waals surface area (Å²) in [7, 11) is 0. The molecule has 0 bridgehead atoms. The Morgan fingerprint density at radius 2 is 2.00 bits per heavy atom. The molecule has 1 rings (SSSR count). The molecule has 4 nitrogen and oxygen atoms in total. The Kier molecular flexibility index (Phi) is 4.04. The highest BCUT2D eigenvalue weighted by Crippen LogP contribution is 2.17. The third kappa shape index (κ3) is 3.72. The van der Waals surface area contributed by atoms with Crippen LogP contribution in [0.15, 0.2) is 23.4 Å². The molecular weight excluding hydrogens is 218 g/mol. The van der Waals surface area contributed by atoms with Crippen molar-refractivity contribution in [2.45, 2.75) is 19.4 Å². The van der Waals surface area contributed by atoms with Gasteiger partial charge in [-0.1, -0.05) is 5.16 Å². The summed E-state index contributed by atoms with van der Waals surface area (Å²) in [5.41, 5.74) is 5.26. The molecule has 0 amide bonds. The maximum atomic E-state index is 12.8. The van der Waals surface area contributed by atoms with Crippen molar-refractivity contribution in [2.75, 3.05) is 0 Å². The molecule has 0 radical (unpaired) electrons. The van der Waals surface area contributed by atoms with Crippen molar-refractivity contribution in [1.82, 2.24) is 0 Å². The van der Waals surface area contributed by atoms with Crippen LogP contribution in [-0.2, 0) is 0 Å². The summed E-state index contributed by atoms with van der Waals surface area (Å²) in [6.07, 6.45) is -0.286. The van der Waals surface area contributed by atoms with Crippen molar-refractivity contribution in [3.05, 3.63) is 29.8 Å². The van der Waals surface area contributed by atoms with Crippen molar-refractivity contribution in [3.8, 4) is 5.75 Å². The molecule has 1 unspecified atom stereocenters. The summed E-state index contributed by atoms with van der Waals surface area (Å²) in [5, 5.41) is 11.1. The van der Waals surface area contributed by atoms with Gasteiger partial charge in [0, 0.05) is 24.6 Å². The Hall–Kier alpha value is -1.85. The second-order valence-electron chi connectivity index (χ2n) is 3.33. The number of nitrogens with two attached hydrogens (primary N) is 1. The number of hydrogen-bond acceptors (Lipinski definition) is 3. The van der Waals surface area contributed by atoms with Crippen molar-refractivity contribution in [1.29, 1.82) is 0 Å². The topological polar surface area (TPSA) is 67.8 Å². The van der Waals surface area contributed by atoms with E-state index in [1.165, 1.54) is 0 Å². The summed E-state index contributed by atoms with van der Waals surface area (Å²) < 4.78 is 30.8. The molecular formula is C10H12F2N2O2. The molecule has 0 fully saturated rings. The molecule has 0 heterocycles. The van der Waals surface area contributed by atoms with Crippen LogP contribution in [-0.4, -0.2) is 17.1 Å². The zero-order valence-corrected chi connectivity index (χ0v) is 8.65. The first-order chi connectivity index (χ1) is 7.51. The second-order valence-corrected chi connectivity index (χ2v) is 3.33. The van der Waals surface area contributed by atoms with Crippen molar-refractivity contribution in [2.24, 2.45) is 10.9 Å². The maximum absolute atomic E-state index is 12.8. The van der Waals surface area contributed by atoms with Gasteiger partial charge in [-0.25, -0.2) is 8.78 Å².